The molecule has 3 nitrogen and oxygen atoms in total. The Bertz CT molecular complexity index is 401. The van der Waals surface area contributed by atoms with E-state index in [0.717, 1.165) is 26.2 Å². The van der Waals surface area contributed by atoms with Crippen LogP contribution in [0.25, 0.3) is 0 Å². The highest BCUT2D eigenvalue weighted by atomic mass is 15.2. The minimum atomic E-state index is 0.565. The molecule has 1 aromatic rings. The molecule has 1 fully saturated rings. The van der Waals surface area contributed by atoms with Gasteiger partial charge < -0.3 is 15.1 Å². The standard InChI is InChI=1S/C15H25N3/c1-12-5-6-15(9-13(12)2)18-8-7-16-14(11-18)10-17(3)4/h5-6,9,14,16H,7-8,10-11H2,1-4H3. The first-order chi connectivity index (χ1) is 8.56. The van der Waals surface area contributed by atoms with Gasteiger partial charge in [0, 0.05) is 37.9 Å². The normalized spacial score (nSPS) is 20.5. The van der Waals surface area contributed by atoms with E-state index in [9.17, 15) is 0 Å². The van der Waals surface area contributed by atoms with E-state index in [0.29, 0.717) is 6.04 Å². The fraction of sp³-hybridized carbons (Fsp3) is 0.600. The summed E-state index contributed by atoms with van der Waals surface area (Å²) in [5.41, 5.74) is 4.12. The minimum absolute atomic E-state index is 0.565. The van der Waals surface area contributed by atoms with Crippen molar-refractivity contribution in [1.29, 1.82) is 0 Å². The van der Waals surface area contributed by atoms with E-state index in [1.807, 2.05) is 0 Å². The lowest BCUT2D eigenvalue weighted by Crippen LogP contribution is -2.54. The van der Waals surface area contributed by atoms with Gasteiger partial charge >= 0.3 is 0 Å². The summed E-state index contributed by atoms with van der Waals surface area (Å²) in [5, 5.41) is 3.59. The molecule has 100 valence electrons. The number of piperazine rings is 1. The Balaban J connectivity index is 2.05. The number of benzene rings is 1. The highest BCUT2D eigenvalue weighted by Crippen LogP contribution is 2.20. The van der Waals surface area contributed by atoms with Gasteiger partial charge in [-0.3, -0.25) is 0 Å². The van der Waals surface area contributed by atoms with Gasteiger partial charge in [-0.2, -0.15) is 0 Å². The summed E-state index contributed by atoms with van der Waals surface area (Å²) in [6.45, 7) is 8.74. The minimum Gasteiger partial charge on any atom is -0.369 e. The Morgan fingerprint density at radius 2 is 2.06 bits per heavy atom. The van der Waals surface area contributed by atoms with Gasteiger partial charge in [0.2, 0.25) is 0 Å². The molecule has 1 atom stereocenters. The second-order valence-electron chi connectivity index (χ2n) is 5.63. The second-order valence-corrected chi connectivity index (χ2v) is 5.63. The number of likely N-dealkylation sites (N-methyl/N-ethyl adjacent to an activating group) is 1. The van der Waals surface area contributed by atoms with Crippen molar-refractivity contribution < 1.29 is 0 Å². The van der Waals surface area contributed by atoms with Crippen LogP contribution in [0.4, 0.5) is 5.69 Å². The van der Waals surface area contributed by atoms with Crippen molar-refractivity contribution in [2.75, 3.05) is 45.2 Å². The molecule has 1 aliphatic heterocycles. The van der Waals surface area contributed by atoms with Crippen LogP contribution in [0.2, 0.25) is 0 Å². The fourth-order valence-corrected chi connectivity index (χ4v) is 2.55. The first-order valence-corrected chi connectivity index (χ1v) is 6.76. The van der Waals surface area contributed by atoms with Crippen molar-refractivity contribution in [1.82, 2.24) is 10.2 Å². The van der Waals surface area contributed by atoms with E-state index in [2.05, 4.69) is 61.3 Å². The van der Waals surface area contributed by atoms with Crippen molar-refractivity contribution >= 4 is 5.69 Å². The van der Waals surface area contributed by atoms with E-state index in [-0.39, 0.29) is 0 Å². The van der Waals surface area contributed by atoms with Crippen LogP contribution in [0.1, 0.15) is 11.1 Å². The molecule has 0 radical (unpaired) electrons. The van der Waals surface area contributed by atoms with E-state index in [1.54, 1.807) is 0 Å². The van der Waals surface area contributed by atoms with Crippen LogP contribution in [0.5, 0.6) is 0 Å². The second kappa shape index (κ2) is 5.72. The van der Waals surface area contributed by atoms with E-state index in [1.165, 1.54) is 16.8 Å². The quantitative estimate of drug-likeness (QED) is 0.876. The van der Waals surface area contributed by atoms with E-state index in [4.69, 9.17) is 0 Å². The number of rotatable bonds is 3. The maximum absolute atomic E-state index is 3.59. The largest absolute Gasteiger partial charge is 0.369 e. The summed E-state index contributed by atoms with van der Waals surface area (Å²) >= 11 is 0. The van der Waals surface area contributed by atoms with Gasteiger partial charge in [-0.1, -0.05) is 6.07 Å². The number of nitrogens with zero attached hydrogens (tertiary/aromatic N) is 2. The lowest BCUT2D eigenvalue weighted by Gasteiger charge is -2.36. The Morgan fingerprint density at radius 3 is 2.72 bits per heavy atom. The highest BCUT2D eigenvalue weighted by Gasteiger charge is 2.20. The summed E-state index contributed by atoms with van der Waals surface area (Å²) in [5.74, 6) is 0. The lowest BCUT2D eigenvalue weighted by molar-refractivity contribution is 0.323. The van der Waals surface area contributed by atoms with Gasteiger partial charge in [0.15, 0.2) is 0 Å². The number of hydrogen-bond acceptors (Lipinski definition) is 3. The average molecular weight is 247 g/mol. The predicted octanol–water partition coefficient (Wildman–Crippen LogP) is 1.64. The van der Waals surface area contributed by atoms with Crippen LogP contribution in [0, 0.1) is 13.8 Å². The van der Waals surface area contributed by atoms with Gasteiger partial charge in [0.25, 0.3) is 0 Å². The zero-order valence-corrected chi connectivity index (χ0v) is 12.0. The Morgan fingerprint density at radius 1 is 1.28 bits per heavy atom. The molecule has 0 amide bonds. The van der Waals surface area contributed by atoms with Crippen molar-refractivity contribution in [3.63, 3.8) is 0 Å². The molecule has 1 N–H and O–H groups in total. The zero-order valence-electron chi connectivity index (χ0n) is 12.0. The summed E-state index contributed by atoms with van der Waals surface area (Å²) in [6.07, 6.45) is 0. The van der Waals surface area contributed by atoms with Crippen LogP contribution >= 0.6 is 0 Å². The number of anilines is 1. The summed E-state index contributed by atoms with van der Waals surface area (Å²) < 4.78 is 0. The maximum Gasteiger partial charge on any atom is 0.0371 e. The number of hydrogen-bond donors (Lipinski definition) is 1. The van der Waals surface area contributed by atoms with Crippen molar-refractivity contribution in [2.24, 2.45) is 0 Å². The van der Waals surface area contributed by atoms with Crippen LogP contribution < -0.4 is 10.2 Å². The molecular formula is C15H25N3. The van der Waals surface area contributed by atoms with Crippen LogP contribution in [-0.2, 0) is 0 Å². The van der Waals surface area contributed by atoms with Gasteiger partial charge in [-0.25, -0.2) is 0 Å². The first kappa shape index (κ1) is 13.4. The predicted molar refractivity (Wildman–Crippen MR) is 78.5 cm³/mol. The maximum atomic E-state index is 3.59. The third-order valence-corrected chi connectivity index (χ3v) is 3.70. The van der Waals surface area contributed by atoms with Crippen LogP contribution in [0.15, 0.2) is 18.2 Å². The van der Waals surface area contributed by atoms with Gasteiger partial charge in [0.1, 0.15) is 0 Å². The molecule has 1 unspecified atom stereocenters. The van der Waals surface area contributed by atoms with Crippen molar-refractivity contribution in [3.05, 3.63) is 29.3 Å². The highest BCUT2D eigenvalue weighted by molar-refractivity contribution is 5.51. The Kier molecular flexibility index (Phi) is 4.25. The molecule has 0 spiro atoms. The molecular weight excluding hydrogens is 222 g/mol. The summed E-state index contributed by atoms with van der Waals surface area (Å²) in [4.78, 5) is 4.75. The third kappa shape index (κ3) is 3.24. The van der Waals surface area contributed by atoms with Gasteiger partial charge in [0.05, 0.1) is 0 Å². The number of nitrogens with one attached hydrogen (secondary N) is 1. The molecule has 3 heteroatoms. The average Bonchev–Trinajstić information content (AvgIpc) is 2.32. The van der Waals surface area contributed by atoms with Gasteiger partial charge in [-0.05, 0) is 51.2 Å². The Labute approximate surface area is 111 Å². The topological polar surface area (TPSA) is 18.5 Å². The molecule has 1 aromatic carbocycles. The van der Waals surface area contributed by atoms with Crippen molar-refractivity contribution in [2.45, 2.75) is 19.9 Å². The van der Waals surface area contributed by atoms with Crippen molar-refractivity contribution in [3.8, 4) is 0 Å². The summed E-state index contributed by atoms with van der Waals surface area (Å²) in [6, 6.07) is 7.36. The lowest BCUT2D eigenvalue weighted by atomic mass is 10.1. The molecule has 1 saturated heterocycles. The molecule has 1 heterocycles. The smallest absolute Gasteiger partial charge is 0.0371 e. The molecule has 18 heavy (non-hydrogen) atoms. The molecule has 1 aliphatic rings. The first-order valence-electron chi connectivity index (χ1n) is 6.76. The zero-order chi connectivity index (χ0) is 13.1. The number of aryl methyl sites for hydroxylation is 2. The SMILES string of the molecule is Cc1ccc(N2CCNC(CN(C)C)C2)cc1C. The monoisotopic (exact) mass is 247 g/mol. The Hall–Kier alpha value is -1.06. The van der Waals surface area contributed by atoms with Gasteiger partial charge in [-0.15, -0.1) is 0 Å². The van der Waals surface area contributed by atoms with Crippen LogP contribution in [0.3, 0.4) is 0 Å². The van der Waals surface area contributed by atoms with E-state index >= 15 is 0 Å². The van der Waals surface area contributed by atoms with E-state index < -0.39 is 0 Å². The third-order valence-electron chi connectivity index (χ3n) is 3.70. The fourth-order valence-electron chi connectivity index (χ4n) is 2.55. The molecule has 0 aliphatic carbocycles. The summed E-state index contributed by atoms with van der Waals surface area (Å²) in [7, 11) is 4.27. The molecule has 0 bridgehead atoms. The molecule has 2 rings (SSSR count). The molecule has 0 aromatic heterocycles. The van der Waals surface area contributed by atoms with Crippen LogP contribution in [-0.4, -0.2) is 51.2 Å². The molecule has 0 saturated carbocycles.